The van der Waals surface area contributed by atoms with E-state index in [-0.39, 0.29) is 17.2 Å². The molecule has 0 unspecified atom stereocenters. The number of hydrazone groups is 1. The third kappa shape index (κ3) is 3.72. The second-order valence-electron chi connectivity index (χ2n) is 7.93. The summed E-state index contributed by atoms with van der Waals surface area (Å²) < 4.78 is 15.3. The molecule has 0 aliphatic carbocycles. The summed E-state index contributed by atoms with van der Waals surface area (Å²) in [6, 6.07) is 16.1. The van der Waals surface area contributed by atoms with E-state index < -0.39 is 5.91 Å². The van der Waals surface area contributed by atoms with E-state index >= 15 is 0 Å². The number of rotatable bonds is 3. The van der Waals surface area contributed by atoms with Gasteiger partial charge in [-0.15, -0.1) is 0 Å². The van der Waals surface area contributed by atoms with E-state index in [1.54, 1.807) is 18.2 Å². The number of hydrogen-bond acceptors (Lipinski definition) is 4. The van der Waals surface area contributed by atoms with Crippen molar-refractivity contribution in [2.75, 3.05) is 0 Å². The van der Waals surface area contributed by atoms with Crippen LogP contribution in [0.25, 0.3) is 11.8 Å². The molecule has 0 saturated heterocycles. The Morgan fingerprint density at radius 2 is 1.73 bits per heavy atom. The summed E-state index contributed by atoms with van der Waals surface area (Å²) in [5.41, 5.74) is 5.65. The molecule has 0 bridgehead atoms. The van der Waals surface area contributed by atoms with Crippen LogP contribution in [0.5, 0.6) is 0 Å². The molecule has 33 heavy (non-hydrogen) atoms. The Kier molecular flexibility index (Phi) is 5.09. The number of benzene rings is 2. The summed E-state index contributed by atoms with van der Waals surface area (Å²) in [4.78, 5) is 17.0. The van der Waals surface area contributed by atoms with Gasteiger partial charge in [-0.05, 0) is 74.5 Å². The first kappa shape index (κ1) is 21.1. The zero-order valence-corrected chi connectivity index (χ0v) is 19.1. The summed E-state index contributed by atoms with van der Waals surface area (Å²) in [6.45, 7) is 5.88. The first-order valence-corrected chi connectivity index (χ1v) is 11.2. The fourth-order valence-electron chi connectivity index (χ4n) is 3.88. The number of nitrogens with one attached hydrogen (secondary N) is 1. The van der Waals surface area contributed by atoms with Gasteiger partial charge in [0, 0.05) is 22.6 Å². The highest BCUT2D eigenvalue weighted by atomic mass is 32.2. The lowest BCUT2D eigenvalue weighted by molar-refractivity contribution is -0.114. The minimum absolute atomic E-state index is 0.00815. The predicted octanol–water partition coefficient (Wildman–Crippen LogP) is 5.21. The standard InChI is InChI=1S/C25H20FN5OS/c1-14-4-6-17(7-5-14)24-29-31-22(27)21(23(32)28-25(31)33-24)13-18-12-15(2)30(16(18)3)20-10-8-19(26)9-11-20/h4-13,27H,1-3H3/b21-13-,27-22?. The second kappa shape index (κ2) is 7.97. The molecule has 0 atom stereocenters. The van der Waals surface area contributed by atoms with Gasteiger partial charge in [0.1, 0.15) is 10.9 Å². The van der Waals surface area contributed by atoms with Crippen LogP contribution < -0.4 is 0 Å². The molecule has 2 aromatic carbocycles. The van der Waals surface area contributed by atoms with Crippen LogP contribution in [-0.4, -0.2) is 31.5 Å². The molecular weight excluding hydrogens is 437 g/mol. The average molecular weight is 458 g/mol. The summed E-state index contributed by atoms with van der Waals surface area (Å²) in [7, 11) is 0. The molecule has 1 N–H and O–H groups in total. The van der Waals surface area contributed by atoms with Crippen molar-refractivity contribution >= 4 is 39.8 Å². The van der Waals surface area contributed by atoms with Gasteiger partial charge in [0.15, 0.2) is 5.84 Å². The first-order valence-electron chi connectivity index (χ1n) is 10.3. The van der Waals surface area contributed by atoms with E-state index in [9.17, 15) is 9.18 Å². The van der Waals surface area contributed by atoms with Crippen LogP contribution in [0, 0.1) is 32.0 Å². The van der Waals surface area contributed by atoms with Crippen LogP contribution in [0.1, 0.15) is 28.1 Å². The Balaban J connectivity index is 1.50. The van der Waals surface area contributed by atoms with Crippen LogP contribution >= 0.6 is 11.8 Å². The van der Waals surface area contributed by atoms with Crippen LogP contribution in [0.4, 0.5) is 4.39 Å². The van der Waals surface area contributed by atoms with Crippen LogP contribution in [0.3, 0.4) is 0 Å². The van der Waals surface area contributed by atoms with Gasteiger partial charge in [0.25, 0.3) is 5.91 Å². The fourth-order valence-corrected chi connectivity index (χ4v) is 4.78. The quantitative estimate of drug-likeness (QED) is 0.549. The van der Waals surface area contributed by atoms with Gasteiger partial charge < -0.3 is 4.57 Å². The number of carbonyl (C=O) groups is 1. The van der Waals surface area contributed by atoms with E-state index in [1.165, 1.54) is 28.9 Å². The Hall–Kier alpha value is -3.78. The average Bonchev–Trinajstić information content (AvgIpc) is 3.33. The summed E-state index contributed by atoms with van der Waals surface area (Å²) in [5, 5.41) is 15.7. The van der Waals surface area contributed by atoms with Crippen molar-refractivity contribution in [1.82, 2.24) is 9.58 Å². The number of halogens is 1. The highest BCUT2D eigenvalue weighted by molar-refractivity contribution is 8.27. The van der Waals surface area contributed by atoms with E-state index in [1.807, 2.05) is 55.7 Å². The van der Waals surface area contributed by atoms with Crippen molar-refractivity contribution in [3.8, 4) is 5.69 Å². The Bertz CT molecular complexity index is 1400. The van der Waals surface area contributed by atoms with Gasteiger partial charge >= 0.3 is 0 Å². The molecule has 0 saturated carbocycles. The molecule has 6 nitrogen and oxygen atoms in total. The maximum absolute atomic E-state index is 13.4. The number of carbonyl (C=O) groups excluding carboxylic acids is 1. The largest absolute Gasteiger partial charge is 0.318 e. The minimum atomic E-state index is -0.467. The van der Waals surface area contributed by atoms with Gasteiger partial charge in [-0.3, -0.25) is 10.2 Å². The zero-order chi connectivity index (χ0) is 23.3. The lowest BCUT2D eigenvalue weighted by Gasteiger charge is -2.20. The van der Waals surface area contributed by atoms with Crippen molar-refractivity contribution in [1.29, 1.82) is 5.41 Å². The Morgan fingerprint density at radius 1 is 1.03 bits per heavy atom. The molecule has 1 aromatic heterocycles. The van der Waals surface area contributed by atoms with Gasteiger partial charge in [-0.2, -0.15) is 15.1 Å². The summed E-state index contributed by atoms with van der Waals surface area (Å²) in [5.74, 6) is -0.774. The van der Waals surface area contributed by atoms with Crippen LogP contribution in [0.2, 0.25) is 0 Å². The maximum atomic E-state index is 13.4. The molecule has 1 amide bonds. The Labute approximate surface area is 194 Å². The summed E-state index contributed by atoms with van der Waals surface area (Å²) >= 11 is 1.28. The number of hydrogen-bond donors (Lipinski definition) is 1. The van der Waals surface area contributed by atoms with Crippen molar-refractivity contribution < 1.29 is 9.18 Å². The van der Waals surface area contributed by atoms with Crippen molar-refractivity contribution in [3.05, 3.63) is 94.1 Å². The molecule has 3 heterocycles. The Morgan fingerprint density at radius 3 is 2.42 bits per heavy atom. The van der Waals surface area contributed by atoms with Crippen molar-refractivity contribution in [2.24, 2.45) is 10.1 Å². The van der Waals surface area contributed by atoms with E-state index in [4.69, 9.17) is 5.41 Å². The van der Waals surface area contributed by atoms with E-state index in [2.05, 4.69) is 10.1 Å². The molecule has 3 aromatic rings. The van der Waals surface area contributed by atoms with E-state index in [0.717, 1.165) is 33.8 Å². The molecule has 0 radical (unpaired) electrons. The van der Waals surface area contributed by atoms with Crippen LogP contribution in [0.15, 0.2) is 70.3 Å². The number of aromatic nitrogens is 1. The normalized spacial score (nSPS) is 16.8. The predicted molar refractivity (Wildman–Crippen MR) is 130 cm³/mol. The molecule has 0 fully saturated rings. The third-order valence-corrected chi connectivity index (χ3v) is 6.57. The highest BCUT2D eigenvalue weighted by Gasteiger charge is 2.36. The number of nitrogens with zero attached hydrogens (tertiary/aromatic N) is 4. The topological polar surface area (TPSA) is 73.8 Å². The second-order valence-corrected chi connectivity index (χ2v) is 8.89. The number of fused-ring (bicyclic) bond motifs is 1. The third-order valence-electron chi connectivity index (χ3n) is 5.61. The highest BCUT2D eigenvalue weighted by Crippen LogP contribution is 2.32. The zero-order valence-electron chi connectivity index (χ0n) is 18.3. The number of thioether (sulfide) groups is 1. The molecule has 2 aliphatic heterocycles. The van der Waals surface area contributed by atoms with Crippen molar-refractivity contribution in [3.63, 3.8) is 0 Å². The molecular formula is C25H20FN5OS. The van der Waals surface area contributed by atoms with Gasteiger partial charge in [0.2, 0.25) is 5.17 Å². The van der Waals surface area contributed by atoms with Gasteiger partial charge in [-0.25, -0.2) is 4.39 Å². The monoisotopic (exact) mass is 457 g/mol. The number of amidine groups is 2. The maximum Gasteiger partial charge on any atom is 0.283 e. The van der Waals surface area contributed by atoms with Gasteiger partial charge in [-0.1, -0.05) is 29.8 Å². The first-order chi connectivity index (χ1) is 15.8. The summed E-state index contributed by atoms with van der Waals surface area (Å²) in [6.07, 6.45) is 1.68. The molecule has 2 aliphatic rings. The number of aryl methyl sites for hydroxylation is 2. The SMILES string of the molecule is Cc1ccc(C2=NN3C(=N)/C(=C/c4cc(C)n(-c5ccc(F)cc5)c4C)C(=O)N=C3S2)cc1. The van der Waals surface area contributed by atoms with E-state index in [0.29, 0.717) is 10.2 Å². The molecule has 5 rings (SSSR count). The molecule has 164 valence electrons. The minimum Gasteiger partial charge on any atom is -0.318 e. The molecule has 8 heteroatoms. The fraction of sp³-hybridized carbons (Fsp3) is 0.120. The lowest BCUT2D eigenvalue weighted by atomic mass is 10.1. The van der Waals surface area contributed by atoms with Crippen LogP contribution in [-0.2, 0) is 4.79 Å². The van der Waals surface area contributed by atoms with Crippen molar-refractivity contribution in [2.45, 2.75) is 20.8 Å². The number of aliphatic imine (C=N–C) groups is 1. The molecule has 0 spiro atoms. The smallest absolute Gasteiger partial charge is 0.283 e. The lowest BCUT2D eigenvalue weighted by Crippen LogP contribution is -2.35. The van der Waals surface area contributed by atoms with Gasteiger partial charge in [0.05, 0.1) is 5.57 Å². The number of amides is 1.